The normalized spacial score (nSPS) is 11.1. The molecule has 0 aliphatic carbocycles. The minimum atomic E-state index is 0.544. The number of halogens is 4. The summed E-state index contributed by atoms with van der Waals surface area (Å²) in [4.78, 5) is 9.16. The topological polar surface area (TPSA) is 37.8 Å². The standard InChI is InChI=1S/C13H7Br2Cl2N3S/c1-18-12-6-2-5(14)3-8(15)10(6)19-13(20-12)7-4-9(16)21-11(7)17/h2-4H,1H3,(H,18,19,20). The monoisotopic (exact) mass is 465 g/mol. The number of hydrogen-bond acceptors (Lipinski definition) is 4. The fourth-order valence-corrected chi connectivity index (χ4v) is 4.73. The molecule has 0 aliphatic heterocycles. The average molecular weight is 468 g/mol. The van der Waals surface area contributed by atoms with E-state index in [9.17, 15) is 0 Å². The SMILES string of the molecule is CNc1nc(-c2cc(Cl)sc2Cl)nc2c(Br)cc(Br)cc12. The third-order valence-corrected chi connectivity index (χ3v) is 5.40. The molecule has 0 fully saturated rings. The molecule has 21 heavy (non-hydrogen) atoms. The van der Waals surface area contributed by atoms with Crippen molar-refractivity contribution in [1.29, 1.82) is 0 Å². The van der Waals surface area contributed by atoms with E-state index in [4.69, 9.17) is 23.2 Å². The van der Waals surface area contributed by atoms with Crippen molar-refractivity contribution in [3.63, 3.8) is 0 Å². The molecule has 1 N–H and O–H groups in total. The smallest absolute Gasteiger partial charge is 0.164 e. The lowest BCUT2D eigenvalue weighted by molar-refractivity contribution is 1.21. The Labute approximate surface area is 152 Å². The summed E-state index contributed by atoms with van der Waals surface area (Å²) in [5, 5.41) is 4.01. The maximum Gasteiger partial charge on any atom is 0.164 e. The second-order valence-corrected chi connectivity index (χ2v) is 8.22. The Kier molecular flexibility index (Phi) is 4.43. The summed E-state index contributed by atoms with van der Waals surface area (Å²) in [7, 11) is 1.82. The Balaban J connectivity index is 2.34. The van der Waals surface area contributed by atoms with E-state index in [1.165, 1.54) is 11.3 Å². The molecule has 8 heteroatoms. The molecule has 3 aromatic rings. The molecule has 0 radical (unpaired) electrons. The number of hydrogen-bond donors (Lipinski definition) is 1. The van der Waals surface area contributed by atoms with Gasteiger partial charge in [-0.2, -0.15) is 0 Å². The molecule has 2 aromatic heterocycles. The molecule has 0 saturated heterocycles. The maximum atomic E-state index is 6.21. The number of benzene rings is 1. The van der Waals surface area contributed by atoms with Crippen molar-refractivity contribution >= 4 is 83.1 Å². The molecule has 0 unspecified atom stereocenters. The first-order chi connectivity index (χ1) is 9.99. The Hall–Kier alpha value is -0.400. The highest BCUT2D eigenvalue weighted by molar-refractivity contribution is 9.11. The highest BCUT2D eigenvalue weighted by atomic mass is 79.9. The molecule has 108 valence electrons. The lowest BCUT2D eigenvalue weighted by Crippen LogP contribution is -1.99. The van der Waals surface area contributed by atoms with Crippen molar-refractivity contribution in [1.82, 2.24) is 9.97 Å². The van der Waals surface area contributed by atoms with Gasteiger partial charge in [0.2, 0.25) is 0 Å². The molecule has 1 aromatic carbocycles. The van der Waals surface area contributed by atoms with Crippen LogP contribution in [-0.2, 0) is 0 Å². The molecule has 3 rings (SSSR count). The fourth-order valence-electron chi connectivity index (χ4n) is 1.96. The van der Waals surface area contributed by atoms with Gasteiger partial charge in [-0.15, -0.1) is 11.3 Å². The lowest BCUT2D eigenvalue weighted by Gasteiger charge is -2.09. The van der Waals surface area contributed by atoms with Crippen LogP contribution in [0.25, 0.3) is 22.3 Å². The van der Waals surface area contributed by atoms with Crippen LogP contribution in [0.5, 0.6) is 0 Å². The highest BCUT2D eigenvalue weighted by Gasteiger charge is 2.16. The Morgan fingerprint density at radius 1 is 1.14 bits per heavy atom. The highest BCUT2D eigenvalue weighted by Crippen LogP contribution is 2.39. The zero-order valence-electron chi connectivity index (χ0n) is 10.5. The van der Waals surface area contributed by atoms with Crippen molar-refractivity contribution < 1.29 is 0 Å². The first kappa shape index (κ1) is 15.5. The van der Waals surface area contributed by atoms with Crippen molar-refractivity contribution in [2.75, 3.05) is 12.4 Å². The largest absolute Gasteiger partial charge is 0.373 e. The number of anilines is 1. The molecule has 3 nitrogen and oxygen atoms in total. The van der Waals surface area contributed by atoms with E-state index < -0.39 is 0 Å². The molecule has 2 heterocycles. The zero-order chi connectivity index (χ0) is 15.1. The molecular weight excluding hydrogens is 461 g/mol. The molecule has 0 spiro atoms. The number of nitrogens with one attached hydrogen (secondary N) is 1. The number of rotatable bonds is 2. The van der Waals surface area contributed by atoms with Crippen molar-refractivity contribution in [2.24, 2.45) is 0 Å². The number of thiophene rings is 1. The van der Waals surface area contributed by atoms with Crippen LogP contribution in [0, 0.1) is 0 Å². The van der Waals surface area contributed by atoms with Crippen molar-refractivity contribution in [3.8, 4) is 11.4 Å². The van der Waals surface area contributed by atoms with Crippen molar-refractivity contribution in [2.45, 2.75) is 0 Å². The minimum Gasteiger partial charge on any atom is -0.373 e. The molecule has 0 aliphatic rings. The quantitative estimate of drug-likeness (QED) is 0.485. The van der Waals surface area contributed by atoms with Gasteiger partial charge in [-0.25, -0.2) is 9.97 Å². The fraction of sp³-hybridized carbons (Fsp3) is 0.0769. The maximum absolute atomic E-state index is 6.21. The summed E-state index contributed by atoms with van der Waals surface area (Å²) in [5.74, 6) is 1.28. The Bertz CT molecular complexity index is 851. The molecule has 0 atom stereocenters. The second-order valence-electron chi connectivity index (χ2n) is 4.17. The third-order valence-electron chi connectivity index (χ3n) is 2.85. The van der Waals surface area contributed by atoms with Crippen LogP contribution in [0.4, 0.5) is 5.82 Å². The molecule has 0 saturated carbocycles. The van der Waals surface area contributed by atoms with E-state index >= 15 is 0 Å². The van der Waals surface area contributed by atoms with Gasteiger partial charge in [-0.1, -0.05) is 39.1 Å². The molecule has 0 amide bonds. The van der Waals surface area contributed by atoms with Crippen LogP contribution in [0.1, 0.15) is 0 Å². The van der Waals surface area contributed by atoms with E-state index in [-0.39, 0.29) is 0 Å². The minimum absolute atomic E-state index is 0.544. The Morgan fingerprint density at radius 2 is 1.90 bits per heavy atom. The summed E-state index contributed by atoms with van der Waals surface area (Å²) in [5.41, 5.74) is 1.55. The van der Waals surface area contributed by atoms with E-state index in [0.717, 1.165) is 31.2 Å². The van der Waals surface area contributed by atoms with Crippen LogP contribution in [0.3, 0.4) is 0 Å². The summed E-state index contributed by atoms with van der Waals surface area (Å²) < 4.78 is 3.02. The summed E-state index contributed by atoms with van der Waals surface area (Å²) in [6, 6.07) is 5.70. The van der Waals surface area contributed by atoms with Gasteiger partial charge < -0.3 is 5.32 Å². The average Bonchev–Trinajstić information content (AvgIpc) is 2.77. The van der Waals surface area contributed by atoms with Gasteiger partial charge in [-0.3, -0.25) is 0 Å². The van der Waals surface area contributed by atoms with Gasteiger partial charge in [0, 0.05) is 21.4 Å². The third kappa shape index (κ3) is 2.92. The van der Waals surface area contributed by atoms with Crippen LogP contribution in [0.15, 0.2) is 27.1 Å². The molecule has 0 bridgehead atoms. The predicted molar refractivity (Wildman–Crippen MR) is 97.8 cm³/mol. The van der Waals surface area contributed by atoms with Crippen LogP contribution >= 0.6 is 66.4 Å². The zero-order valence-corrected chi connectivity index (χ0v) is 16.0. The van der Waals surface area contributed by atoms with Gasteiger partial charge >= 0.3 is 0 Å². The summed E-state index contributed by atoms with van der Waals surface area (Å²) in [6.45, 7) is 0. The van der Waals surface area contributed by atoms with E-state index in [2.05, 4.69) is 47.1 Å². The van der Waals surface area contributed by atoms with Crippen LogP contribution < -0.4 is 5.32 Å². The summed E-state index contributed by atoms with van der Waals surface area (Å²) in [6.07, 6.45) is 0. The van der Waals surface area contributed by atoms with Crippen LogP contribution in [-0.4, -0.2) is 17.0 Å². The summed E-state index contributed by atoms with van der Waals surface area (Å²) >= 11 is 20.5. The Morgan fingerprint density at radius 3 is 2.52 bits per heavy atom. The van der Waals surface area contributed by atoms with Gasteiger partial charge in [0.25, 0.3) is 0 Å². The molecular formula is C13H7Br2Cl2N3S. The van der Waals surface area contributed by atoms with Gasteiger partial charge in [0.15, 0.2) is 5.82 Å². The predicted octanol–water partition coefficient (Wildman–Crippen LogP) is 6.23. The van der Waals surface area contributed by atoms with E-state index in [0.29, 0.717) is 14.5 Å². The second kappa shape index (κ2) is 6.01. The lowest BCUT2D eigenvalue weighted by atomic mass is 10.2. The van der Waals surface area contributed by atoms with Gasteiger partial charge in [0.1, 0.15) is 10.2 Å². The van der Waals surface area contributed by atoms with Crippen molar-refractivity contribution in [3.05, 3.63) is 35.8 Å². The number of fused-ring (bicyclic) bond motifs is 1. The van der Waals surface area contributed by atoms with Crippen LogP contribution in [0.2, 0.25) is 8.67 Å². The van der Waals surface area contributed by atoms with E-state index in [1.54, 1.807) is 6.07 Å². The first-order valence-electron chi connectivity index (χ1n) is 5.79. The first-order valence-corrected chi connectivity index (χ1v) is 8.95. The van der Waals surface area contributed by atoms with Gasteiger partial charge in [0.05, 0.1) is 15.4 Å². The number of nitrogens with zero attached hydrogens (tertiary/aromatic N) is 2. The van der Waals surface area contributed by atoms with E-state index in [1.807, 2.05) is 19.2 Å². The number of aromatic nitrogens is 2. The van der Waals surface area contributed by atoms with Gasteiger partial charge in [-0.05, 0) is 34.1 Å².